The molecule has 0 radical (unpaired) electrons. The average Bonchev–Trinajstić information content (AvgIpc) is 3.49. The predicted molar refractivity (Wildman–Crippen MR) is 141 cm³/mol. The van der Waals surface area contributed by atoms with Crippen LogP contribution in [0.4, 0.5) is 5.69 Å². The van der Waals surface area contributed by atoms with Gasteiger partial charge >= 0.3 is 0 Å². The number of anilines is 1. The third-order valence-electron chi connectivity index (χ3n) is 7.96. The summed E-state index contributed by atoms with van der Waals surface area (Å²) in [6.45, 7) is 1.92. The van der Waals surface area contributed by atoms with Gasteiger partial charge in [0.1, 0.15) is 11.4 Å². The zero-order chi connectivity index (χ0) is 26.7. The molecule has 2 aliphatic heterocycles. The molecule has 0 saturated carbocycles. The Kier molecular flexibility index (Phi) is 5.37. The molecule has 1 saturated heterocycles. The molecule has 4 N–H and O–H groups in total. The molecule has 38 heavy (non-hydrogen) atoms. The number of aromatic hydroxyl groups is 3. The van der Waals surface area contributed by atoms with Gasteiger partial charge in [-0.15, -0.1) is 0 Å². The summed E-state index contributed by atoms with van der Waals surface area (Å²) >= 11 is 0. The van der Waals surface area contributed by atoms with E-state index in [1.807, 2.05) is 31.2 Å². The monoisotopic (exact) mass is 509 g/mol. The van der Waals surface area contributed by atoms with Crippen molar-refractivity contribution >= 4 is 22.4 Å². The van der Waals surface area contributed by atoms with E-state index >= 15 is 0 Å². The van der Waals surface area contributed by atoms with Crippen molar-refractivity contribution in [3.8, 4) is 29.3 Å². The molecule has 3 heterocycles. The standard InChI is InChI=1S/C30H27N3O5/c1-29-15-16-30(38-29,14-6-11-24(35)32-21-9-4-5-10-23(21)34)26-25(29)27(36)33(28(26)37)22-13-12-18(17-31)19-7-2-3-8-20(19)22/h2-5,7-10,12-13,34,36-37H,6,11,14-16H2,1H3,(H,32,35)/t29-,30?/m1/s1. The fourth-order valence-electron chi connectivity index (χ4n) is 6.24. The molecule has 1 fully saturated rings. The first kappa shape index (κ1) is 23.9. The van der Waals surface area contributed by atoms with Crippen LogP contribution in [0.15, 0.2) is 60.7 Å². The Morgan fingerprint density at radius 3 is 2.47 bits per heavy atom. The highest BCUT2D eigenvalue weighted by Crippen LogP contribution is 2.66. The summed E-state index contributed by atoms with van der Waals surface area (Å²) in [5.41, 5.74) is 1.00. The van der Waals surface area contributed by atoms with Crippen LogP contribution >= 0.6 is 0 Å². The smallest absolute Gasteiger partial charge is 0.224 e. The number of nitriles is 1. The number of phenols is 1. The van der Waals surface area contributed by atoms with Crippen LogP contribution in [0.25, 0.3) is 16.5 Å². The predicted octanol–water partition coefficient (Wildman–Crippen LogP) is 5.66. The summed E-state index contributed by atoms with van der Waals surface area (Å²) in [7, 11) is 0. The van der Waals surface area contributed by atoms with E-state index in [9.17, 15) is 25.4 Å². The van der Waals surface area contributed by atoms with E-state index in [2.05, 4.69) is 11.4 Å². The molecule has 2 atom stereocenters. The van der Waals surface area contributed by atoms with E-state index in [4.69, 9.17) is 4.74 Å². The Labute approximate surface area is 219 Å². The van der Waals surface area contributed by atoms with Crippen LogP contribution in [0.2, 0.25) is 0 Å². The van der Waals surface area contributed by atoms with Crippen molar-refractivity contribution in [2.24, 2.45) is 0 Å². The highest BCUT2D eigenvalue weighted by atomic mass is 16.5. The number of hydrogen-bond donors (Lipinski definition) is 4. The largest absolute Gasteiger partial charge is 0.506 e. The van der Waals surface area contributed by atoms with E-state index in [-0.39, 0.29) is 29.8 Å². The van der Waals surface area contributed by atoms with Crippen LogP contribution < -0.4 is 5.32 Å². The Bertz CT molecular complexity index is 1650. The Morgan fingerprint density at radius 1 is 1.00 bits per heavy atom. The molecular formula is C30H27N3O5. The Balaban J connectivity index is 1.33. The second-order valence-corrected chi connectivity index (χ2v) is 10.3. The van der Waals surface area contributed by atoms with Gasteiger partial charge in [0, 0.05) is 17.2 Å². The number of para-hydroxylation sites is 2. The van der Waals surface area contributed by atoms with Crippen molar-refractivity contribution in [3.63, 3.8) is 0 Å². The Morgan fingerprint density at radius 2 is 1.71 bits per heavy atom. The van der Waals surface area contributed by atoms with E-state index in [1.165, 1.54) is 10.6 Å². The van der Waals surface area contributed by atoms with E-state index < -0.39 is 11.2 Å². The number of nitrogens with zero attached hydrogens (tertiary/aromatic N) is 2. The number of benzene rings is 3. The summed E-state index contributed by atoms with van der Waals surface area (Å²) < 4.78 is 7.95. The van der Waals surface area contributed by atoms with Crippen molar-refractivity contribution in [1.29, 1.82) is 5.26 Å². The van der Waals surface area contributed by atoms with Crippen molar-refractivity contribution in [2.75, 3.05) is 5.32 Å². The second-order valence-electron chi connectivity index (χ2n) is 10.3. The van der Waals surface area contributed by atoms with Crippen LogP contribution in [-0.2, 0) is 20.7 Å². The number of nitrogens with one attached hydrogen (secondary N) is 1. The number of rotatable bonds is 6. The summed E-state index contributed by atoms with van der Waals surface area (Å²) in [5.74, 6) is -0.384. The highest BCUT2D eigenvalue weighted by molar-refractivity contribution is 5.95. The molecule has 1 amide bonds. The molecule has 4 aromatic rings. The van der Waals surface area contributed by atoms with Gasteiger partial charge in [0.25, 0.3) is 0 Å². The van der Waals surface area contributed by atoms with Gasteiger partial charge in [-0.2, -0.15) is 5.26 Å². The maximum absolute atomic E-state index is 12.6. The molecule has 8 nitrogen and oxygen atoms in total. The first-order valence-corrected chi connectivity index (χ1v) is 12.7. The van der Waals surface area contributed by atoms with Gasteiger partial charge in [-0.1, -0.05) is 36.4 Å². The van der Waals surface area contributed by atoms with Gasteiger partial charge in [0.2, 0.25) is 17.7 Å². The number of hydrogen-bond acceptors (Lipinski definition) is 6. The van der Waals surface area contributed by atoms with Crippen LogP contribution in [0.3, 0.4) is 0 Å². The maximum atomic E-state index is 12.6. The number of amides is 1. The molecule has 1 aromatic heterocycles. The van der Waals surface area contributed by atoms with Crippen LogP contribution in [0, 0.1) is 11.3 Å². The number of carbonyl (C=O) groups is 1. The van der Waals surface area contributed by atoms with Gasteiger partial charge in [-0.3, -0.25) is 9.36 Å². The topological polar surface area (TPSA) is 128 Å². The van der Waals surface area contributed by atoms with Crippen LogP contribution in [0.5, 0.6) is 17.5 Å². The normalized spacial score (nSPS) is 21.4. The zero-order valence-electron chi connectivity index (χ0n) is 20.9. The molecule has 0 spiro atoms. The number of fused-ring (bicyclic) bond motifs is 6. The zero-order valence-corrected chi connectivity index (χ0v) is 20.9. The van der Waals surface area contributed by atoms with Gasteiger partial charge in [-0.25, -0.2) is 0 Å². The fraction of sp³-hybridized carbons (Fsp3) is 0.267. The summed E-state index contributed by atoms with van der Waals surface area (Å²) in [6, 6.07) is 19.6. The third-order valence-corrected chi connectivity index (χ3v) is 7.96. The lowest BCUT2D eigenvalue weighted by Gasteiger charge is -2.26. The van der Waals surface area contributed by atoms with Gasteiger partial charge in [0.05, 0.1) is 39.7 Å². The minimum Gasteiger partial charge on any atom is -0.506 e. The summed E-state index contributed by atoms with van der Waals surface area (Å²) in [6.07, 6.45) is 2.51. The molecule has 1 unspecified atom stereocenters. The van der Waals surface area contributed by atoms with Gasteiger partial charge in [0.15, 0.2) is 0 Å². The lowest BCUT2D eigenvalue weighted by Crippen LogP contribution is -2.23. The molecule has 2 aliphatic rings. The first-order chi connectivity index (χ1) is 18.3. The van der Waals surface area contributed by atoms with Crippen molar-refractivity contribution in [3.05, 3.63) is 77.4 Å². The minimum atomic E-state index is -0.825. The first-order valence-electron chi connectivity index (χ1n) is 12.7. The van der Waals surface area contributed by atoms with E-state index in [1.54, 1.807) is 30.3 Å². The molecule has 6 rings (SSSR count). The number of phenolic OH excluding ortho intramolecular Hbond substituents is 1. The molecule has 192 valence electrons. The number of aromatic nitrogens is 1. The number of ether oxygens (including phenoxy) is 1. The van der Waals surface area contributed by atoms with Crippen molar-refractivity contribution in [2.45, 2.75) is 50.2 Å². The average molecular weight is 510 g/mol. The van der Waals surface area contributed by atoms with Crippen molar-refractivity contribution < 1.29 is 24.9 Å². The van der Waals surface area contributed by atoms with Crippen LogP contribution in [0.1, 0.15) is 55.7 Å². The summed E-state index contributed by atoms with van der Waals surface area (Å²) in [5, 5.41) is 46.7. The maximum Gasteiger partial charge on any atom is 0.224 e. The van der Waals surface area contributed by atoms with E-state index in [0.29, 0.717) is 53.7 Å². The molecule has 0 aliphatic carbocycles. The number of carbonyl (C=O) groups excluding carboxylic acids is 1. The molecule has 8 heteroatoms. The SMILES string of the molecule is C[C@]12CCC(CCCC(=O)Nc3ccccc3O)(O1)c1c2c(O)n(-c2ccc(C#N)c3ccccc23)c1O. The van der Waals surface area contributed by atoms with Gasteiger partial charge in [-0.05, 0) is 56.9 Å². The third kappa shape index (κ3) is 3.43. The quantitative estimate of drug-likeness (QED) is 0.248. The fourth-order valence-corrected chi connectivity index (χ4v) is 6.24. The van der Waals surface area contributed by atoms with Crippen molar-refractivity contribution in [1.82, 2.24) is 4.57 Å². The Hall–Kier alpha value is -4.48. The molecular weight excluding hydrogens is 482 g/mol. The van der Waals surface area contributed by atoms with Crippen LogP contribution in [-0.4, -0.2) is 25.8 Å². The molecule has 3 aromatic carbocycles. The van der Waals surface area contributed by atoms with Gasteiger partial charge < -0.3 is 25.4 Å². The summed E-state index contributed by atoms with van der Waals surface area (Å²) in [4.78, 5) is 12.6. The lowest BCUT2D eigenvalue weighted by molar-refractivity contribution is -0.117. The second kappa shape index (κ2) is 8.54. The molecule has 2 bridgehead atoms. The minimum absolute atomic E-state index is 0.00633. The van der Waals surface area contributed by atoms with E-state index in [0.717, 1.165) is 10.8 Å². The highest BCUT2D eigenvalue weighted by Gasteiger charge is 2.61. The lowest BCUT2D eigenvalue weighted by atomic mass is 9.77.